The maximum atomic E-state index is 5.99. The summed E-state index contributed by atoms with van der Waals surface area (Å²) in [5, 5.41) is 10.9. The summed E-state index contributed by atoms with van der Waals surface area (Å²) in [6.07, 6.45) is 5.79. The number of halogens is 1. The van der Waals surface area contributed by atoms with Crippen LogP contribution in [0.15, 0.2) is 66.2 Å². The molecule has 0 aliphatic heterocycles. The molecule has 0 saturated heterocycles. The molecule has 7 nitrogen and oxygen atoms in total. The van der Waals surface area contributed by atoms with Gasteiger partial charge in [-0.25, -0.2) is 9.67 Å². The predicted octanol–water partition coefficient (Wildman–Crippen LogP) is 3.54. The van der Waals surface area contributed by atoms with Crippen LogP contribution < -0.4 is 15.4 Å². The minimum atomic E-state index is 0. The van der Waals surface area contributed by atoms with Crippen molar-refractivity contribution in [2.24, 2.45) is 10.9 Å². The van der Waals surface area contributed by atoms with Gasteiger partial charge in [-0.2, -0.15) is 5.10 Å². The van der Waals surface area contributed by atoms with Crippen molar-refractivity contribution in [3.63, 3.8) is 0 Å². The number of ether oxygens (including phenoxy) is 1. The van der Waals surface area contributed by atoms with Crippen molar-refractivity contribution < 1.29 is 4.74 Å². The number of hydrogen-bond donors (Lipinski definition) is 2. The van der Waals surface area contributed by atoms with E-state index in [-0.39, 0.29) is 24.0 Å². The molecule has 30 heavy (non-hydrogen) atoms. The molecule has 1 saturated carbocycles. The number of nitrogens with zero attached hydrogens (tertiary/aromatic N) is 4. The quantitative estimate of drug-likeness (QED) is 0.271. The van der Waals surface area contributed by atoms with Crippen LogP contribution in [0.1, 0.15) is 24.0 Å². The number of benzene rings is 2. The van der Waals surface area contributed by atoms with E-state index in [9.17, 15) is 0 Å². The molecule has 0 bridgehead atoms. The summed E-state index contributed by atoms with van der Waals surface area (Å²) < 4.78 is 7.72. The zero-order valence-electron chi connectivity index (χ0n) is 17.0. The highest BCUT2D eigenvalue weighted by Gasteiger charge is 2.22. The first kappa shape index (κ1) is 22.1. The van der Waals surface area contributed by atoms with E-state index in [4.69, 9.17) is 4.74 Å². The molecule has 1 aliphatic rings. The fourth-order valence-corrected chi connectivity index (χ4v) is 2.98. The summed E-state index contributed by atoms with van der Waals surface area (Å²) in [5.74, 6) is 2.44. The van der Waals surface area contributed by atoms with Crippen LogP contribution >= 0.6 is 24.0 Å². The molecule has 0 atom stereocenters. The Morgan fingerprint density at radius 1 is 1.10 bits per heavy atom. The maximum absolute atomic E-state index is 5.99. The number of aromatic nitrogens is 3. The molecule has 2 N–H and O–H groups in total. The molecular formula is C22H27IN6O. The van der Waals surface area contributed by atoms with Gasteiger partial charge in [-0.15, -0.1) is 24.0 Å². The van der Waals surface area contributed by atoms with Crippen LogP contribution in [0.4, 0.5) is 0 Å². The van der Waals surface area contributed by atoms with Gasteiger partial charge in [-0.3, -0.25) is 4.99 Å². The molecule has 0 spiro atoms. The largest absolute Gasteiger partial charge is 0.493 e. The van der Waals surface area contributed by atoms with Crippen molar-refractivity contribution in [3.8, 4) is 11.4 Å². The number of aliphatic imine (C=N–C) groups is 1. The van der Waals surface area contributed by atoms with Crippen LogP contribution in [0.3, 0.4) is 0 Å². The molecule has 0 unspecified atom stereocenters. The average Bonchev–Trinajstić information content (AvgIpc) is 3.44. The number of rotatable bonds is 8. The lowest BCUT2D eigenvalue weighted by Crippen LogP contribution is -2.36. The standard InChI is InChI=1S/C22H26N6O.HI/c1-23-22(25-12-17-8-10-20(11-9-17)28-16-24-15-27-28)26-13-19-4-2-3-5-21(19)29-14-18-6-7-18;/h2-5,8-11,15-16,18H,6-7,12-14H2,1H3,(H2,23,25,26);1H. The SMILES string of the molecule is CN=C(NCc1ccc(-n2cncn2)cc1)NCc1ccccc1OCC1CC1.I. The summed E-state index contributed by atoms with van der Waals surface area (Å²) in [4.78, 5) is 8.29. The highest BCUT2D eigenvalue weighted by atomic mass is 127. The summed E-state index contributed by atoms with van der Waals surface area (Å²) in [6.45, 7) is 2.15. The smallest absolute Gasteiger partial charge is 0.191 e. The third-order valence-corrected chi connectivity index (χ3v) is 4.89. The number of para-hydroxylation sites is 1. The van der Waals surface area contributed by atoms with Gasteiger partial charge < -0.3 is 15.4 Å². The minimum absolute atomic E-state index is 0. The second kappa shape index (κ2) is 11.0. The summed E-state index contributed by atoms with van der Waals surface area (Å²) >= 11 is 0. The molecule has 1 aromatic heterocycles. The lowest BCUT2D eigenvalue weighted by atomic mass is 10.2. The highest BCUT2D eigenvalue weighted by Crippen LogP contribution is 2.30. The van der Waals surface area contributed by atoms with E-state index in [1.54, 1.807) is 18.1 Å². The van der Waals surface area contributed by atoms with Gasteiger partial charge in [-0.1, -0.05) is 30.3 Å². The van der Waals surface area contributed by atoms with E-state index in [0.29, 0.717) is 13.1 Å². The molecule has 0 radical (unpaired) electrons. The fourth-order valence-electron chi connectivity index (χ4n) is 2.98. The number of hydrogen-bond acceptors (Lipinski definition) is 4. The van der Waals surface area contributed by atoms with Gasteiger partial charge in [0.1, 0.15) is 18.4 Å². The third-order valence-electron chi connectivity index (χ3n) is 4.89. The topological polar surface area (TPSA) is 76.4 Å². The Kier molecular flexibility index (Phi) is 8.06. The summed E-state index contributed by atoms with van der Waals surface area (Å²) in [6, 6.07) is 16.4. The van der Waals surface area contributed by atoms with Crippen LogP contribution in [-0.4, -0.2) is 34.4 Å². The second-order valence-electron chi connectivity index (χ2n) is 7.15. The van der Waals surface area contributed by atoms with E-state index in [2.05, 4.69) is 43.9 Å². The normalized spacial score (nSPS) is 13.4. The van der Waals surface area contributed by atoms with E-state index in [1.165, 1.54) is 19.2 Å². The van der Waals surface area contributed by atoms with Gasteiger partial charge in [-0.05, 0) is 42.5 Å². The molecule has 4 rings (SSSR count). The zero-order chi connectivity index (χ0) is 19.9. The average molecular weight is 518 g/mol. The summed E-state index contributed by atoms with van der Waals surface area (Å²) in [5.41, 5.74) is 3.27. The van der Waals surface area contributed by atoms with Crippen molar-refractivity contribution in [2.75, 3.05) is 13.7 Å². The van der Waals surface area contributed by atoms with E-state index >= 15 is 0 Å². The molecule has 0 amide bonds. The molecule has 158 valence electrons. The van der Waals surface area contributed by atoms with E-state index in [0.717, 1.165) is 41.0 Å². The highest BCUT2D eigenvalue weighted by molar-refractivity contribution is 14.0. The first-order valence-corrected chi connectivity index (χ1v) is 9.91. The number of guanidine groups is 1. The third kappa shape index (κ3) is 6.19. The molecule has 3 aromatic rings. The van der Waals surface area contributed by atoms with Gasteiger partial charge in [0.05, 0.1) is 12.3 Å². The van der Waals surface area contributed by atoms with Crippen LogP contribution in [0, 0.1) is 5.92 Å². The Labute approximate surface area is 194 Å². The second-order valence-corrected chi connectivity index (χ2v) is 7.15. The van der Waals surface area contributed by atoms with Crippen LogP contribution in [-0.2, 0) is 13.1 Å². The molecule has 8 heteroatoms. The predicted molar refractivity (Wildman–Crippen MR) is 128 cm³/mol. The Balaban J connectivity index is 0.00000256. The Hall–Kier alpha value is -2.62. The van der Waals surface area contributed by atoms with Crippen LogP contribution in [0.25, 0.3) is 5.69 Å². The van der Waals surface area contributed by atoms with Crippen molar-refractivity contribution >= 4 is 29.9 Å². The van der Waals surface area contributed by atoms with Gasteiger partial charge >= 0.3 is 0 Å². The molecular weight excluding hydrogens is 491 g/mol. The van der Waals surface area contributed by atoms with Gasteiger partial charge in [0.25, 0.3) is 0 Å². The van der Waals surface area contributed by atoms with Crippen LogP contribution in [0.2, 0.25) is 0 Å². The van der Waals surface area contributed by atoms with Gasteiger partial charge in [0.15, 0.2) is 5.96 Å². The lowest BCUT2D eigenvalue weighted by molar-refractivity contribution is 0.296. The van der Waals surface area contributed by atoms with Crippen molar-refractivity contribution in [1.82, 2.24) is 25.4 Å². The molecule has 1 fully saturated rings. The fraction of sp³-hybridized carbons (Fsp3) is 0.318. The summed E-state index contributed by atoms with van der Waals surface area (Å²) in [7, 11) is 1.78. The van der Waals surface area contributed by atoms with Crippen LogP contribution in [0.5, 0.6) is 5.75 Å². The molecule has 2 aromatic carbocycles. The first-order chi connectivity index (χ1) is 14.3. The van der Waals surface area contributed by atoms with Gasteiger partial charge in [0.2, 0.25) is 0 Å². The van der Waals surface area contributed by atoms with Crippen molar-refractivity contribution in [1.29, 1.82) is 0 Å². The minimum Gasteiger partial charge on any atom is -0.493 e. The number of nitrogens with one attached hydrogen (secondary N) is 2. The Morgan fingerprint density at radius 3 is 2.57 bits per heavy atom. The Bertz CT molecular complexity index is 939. The molecule has 1 heterocycles. The van der Waals surface area contributed by atoms with Gasteiger partial charge in [0, 0.05) is 25.7 Å². The first-order valence-electron chi connectivity index (χ1n) is 9.91. The lowest BCUT2D eigenvalue weighted by Gasteiger charge is -2.15. The molecule has 1 aliphatic carbocycles. The zero-order valence-corrected chi connectivity index (χ0v) is 19.3. The maximum Gasteiger partial charge on any atom is 0.191 e. The van der Waals surface area contributed by atoms with Crippen molar-refractivity contribution in [3.05, 3.63) is 72.3 Å². The Morgan fingerprint density at radius 2 is 1.87 bits per heavy atom. The monoisotopic (exact) mass is 518 g/mol. The van der Waals surface area contributed by atoms with E-state index < -0.39 is 0 Å². The van der Waals surface area contributed by atoms with E-state index in [1.807, 2.05) is 30.3 Å². The van der Waals surface area contributed by atoms with Crippen molar-refractivity contribution in [2.45, 2.75) is 25.9 Å².